The Labute approximate surface area is 112 Å². The second-order valence-corrected chi connectivity index (χ2v) is 6.47. The van der Waals surface area contributed by atoms with Gasteiger partial charge in [0.2, 0.25) is 0 Å². The van der Waals surface area contributed by atoms with Gasteiger partial charge in [-0.3, -0.25) is 9.59 Å². The summed E-state index contributed by atoms with van der Waals surface area (Å²) in [4.78, 5) is 23.1. The van der Waals surface area contributed by atoms with Crippen molar-refractivity contribution in [3.8, 4) is 0 Å². The number of rotatable bonds is 6. The average Bonchev–Trinajstić information content (AvgIpc) is 2.12. The highest BCUT2D eigenvalue weighted by Crippen LogP contribution is 2.18. The number of hydrogen-bond acceptors (Lipinski definition) is 3. The van der Waals surface area contributed by atoms with Crippen molar-refractivity contribution in [3.05, 3.63) is 0 Å². The molecule has 3 nitrogen and oxygen atoms in total. The lowest BCUT2D eigenvalue weighted by Gasteiger charge is -2.19. The van der Waals surface area contributed by atoms with Crippen molar-refractivity contribution in [1.29, 1.82) is 0 Å². The van der Waals surface area contributed by atoms with Crippen LogP contribution in [0.2, 0.25) is 0 Å². The third-order valence-corrected chi connectivity index (χ3v) is 2.36. The van der Waals surface area contributed by atoms with E-state index in [-0.39, 0.29) is 36.6 Å². The van der Waals surface area contributed by atoms with Crippen LogP contribution >= 0.6 is 0 Å². The van der Waals surface area contributed by atoms with Crippen molar-refractivity contribution in [3.63, 3.8) is 0 Å². The highest BCUT2D eigenvalue weighted by atomic mass is 16.5. The number of carbonyl (C=O) groups excluding carboxylic acids is 2. The molecule has 0 fully saturated rings. The van der Waals surface area contributed by atoms with Crippen LogP contribution in [0.3, 0.4) is 0 Å². The van der Waals surface area contributed by atoms with Gasteiger partial charge in [0.1, 0.15) is 12.4 Å². The van der Waals surface area contributed by atoms with Gasteiger partial charge in [-0.1, -0.05) is 28.2 Å². The summed E-state index contributed by atoms with van der Waals surface area (Å²) in [5.41, 5.74) is -0.582. The monoisotopic (exact) mass is 258 g/mol. The number of ketones is 2. The van der Waals surface area contributed by atoms with Crippen molar-refractivity contribution < 1.29 is 14.3 Å². The summed E-state index contributed by atoms with van der Waals surface area (Å²) in [7, 11) is 0. The minimum Gasteiger partial charge on any atom is -0.368 e. The van der Waals surface area contributed by atoms with Crippen LogP contribution in [-0.2, 0) is 14.3 Å². The van der Waals surface area contributed by atoms with Crippen molar-refractivity contribution in [1.82, 2.24) is 0 Å². The van der Waals surface area contributed by atoms with Crippen LogP contribution in [0.5, 0.6) is 0 Å². The average molecular weight is 258 g/mol. The number of hydrogen-bond donors (Lipinski definition) is 0. The highest BCUT2D eigenvalue weighted by Gasteiger charge is 2.20. The van der Waals surface area contributed by atoms with Gasteiger partial charge in [-0.2, -0.15) is 0 Å². The number of ether oxygens (including phenoxy) is 1. The predicted molar refractivity (Wildman–Crippen MR) is 75.8 cm³/mol. The second-order valence-electron chi connectivity index (χ2n) is 6.47. The molecular formula is C15H30O3. The SMILES string of the molecule is C.CC(C)(C)OCC(=O)CCCC(=O)C(C)(C)C. The van der Waals surface area contributed by atoms with Crippen molar-refractivity contribution >= 4 is 11.6 Å². The summed E-state index contributed by atoms with van der Waals surface area (Å²) in [6.07, 6.45) is 1.53. The molecule has 0 N–H and O–H groups in total. The lowest BCUT2D eigenvalue weighted by Crippen LogP contribution is -2.24. The molecule has 0 aromatic carbocycles. The molecule has 0 saturated heterocycles. The maximum absolute atomic E-state index is 11.6. The van der Waals surface area contributed by atoms with E-state index in [4.69, 9.17) is 4.74 Å². The highest BCUT2D eigenvalue weighted by molar-refractivity contribution is 5.84. The van der Waals surface area contributed by atoms with E-state index in [1.807, 2.05) is 41.5 Å². The normalized spacial score (nSPS) is 11.9. The van der Waals surface area contributed by atoms with E-state index in [0.717, 1.165) is 0 Å². The lowest BCUT2D eigenvalue weighted by molar-refractivity contribution is -0.129. The molecule has 0 heterocycles. The summed E-state index contributed by atoms with van der Waals surface area (Å²) in [5, 5.41) is 0. The van der Waals surface area contributed by atoms with Gasteiger partial charge in [0.15, 0.2) is 5.78 Å². The smallest absolute Gasteiger partial charge is 0.158 e. The van der Waals surface area contributed by atoms with Gasteiger partial charge in [0.25, 0.3) is 0 Å². The molecule has 108 valence electrons. The van der Waals surface area contributed by atoms with E-state index in [2.05, 4.69) is 0 Å². The van der Waals surface area contributed by atoms with Crippen molar-refractivity contribution in [2.75, 3.05) is 6.61 Å². The Balaban J connectivity index is 0. The molecule has 0 rings (SSSR count). The first-order chi connectivity index (χ1) is 7.52. The maximum atomic E-state index is 11.6. The van der Waals surface area contributed by atoms with E-state index >= 15 is 0 Å². The topological polar surface area (TPSA) is 43.4 Å². The van der Waals surface area contributed by atoms with E-state index in [9.17, 15) is 9.59 Å². The van der Waals surface area contributed by atoms with E-state index in [1.165, 1.54) is 0 Å². The molecule has 0 aliphatic carbocycles. The van der Waals surface area contributed by atoms with Crippen LogP contribution in [0.15, 0.2) is 0 Å². The molecular weight excluding hydrogens is 228 g/mol. The Kier molecular flexibility index (Phi) is 8.37. The summed E-state index contributed by atoms with van der Waals surface area (Å²) < 4.78 is 5.38. The van der Waals surface area contributed by atoms with E-state index < -0.39 is 0 Å². The zero-order valence-corrected chi connectivity index (χ0v) is 12.1. The standard InChI is InChI=1S/C14H26O3.CH4/c1-13(2,3)12(16)9-7-8-11(15)10-17-14(4,5)6;/h7-10H2,1-6H3;1H4. The molecule has 0 spiro atoms. The molecule has 0 unspecified atom stereocenters. The molecule has 0 aliphatic rings. The molecule has 18 heavy (non-hydrogen) atoms. The Morgan fingerprint density at radius 1 is 0.944 bits per heavy atom. The first-order valence-corrected chi connectivity index (χ1v) is 6.21. The minimum absolute atomic E-state index is 0. The molecule has 3 heteroatoms. The fourth-order valence-corrected chi connectivity index (χ4v) is 1.19. The van der Waals surface area contributed by atoms with Gasteiger partial charge in [0, 0.05) is 18.3 Å². The fourth-order valence-electron chi connectivity index (χ4n) is 1.19. The third-order valence-electron chi connectivity index (χ3n) is 2.36. The van der Waals surface area contributed by atoms with Crippen LogP contribution in [0.25, 0.3) is 0 Å². The maximum Gasteiger partial charge on any atom is 0.158 e. The quantitative estimate of drug-likeness (QED) is 0.728. The third kappa shape index (κ3) is 10.5. The van der Waals surface area contributed by atoms with E-state index in [1.54, 1.807) is 0 Å². The van der Waals surface area contributed by atoms with Gasteiger partial charge in [-0.05, 0) is 27.2 Å². The van der Waals surface area contributed by atoms with Gasteiger partial charge >= 0.3 is 0 Å². The lowest BCUT2D eigenvalue weighted by atomic mass is 9.88. The molecule has 0 saturated carbocycles. The largest absolute Gasteiger partial charge is 0.368 e. The first-order valence-electron chi connectivity index (χ1n) is 6.21. The predicted octanol–water partition coefficient (Wildman–Crippen LogP) is 3.79. The summed E-state index contributed by atoms with van der Waals surface area (Å²) in [6.45, 7) is 11.6. The van der Waals surface area contributed by atoms with E-state index in [0.29, 0.717) is 19.3 Å². The van der Waals surface area contributed by atoms with Crippen molar-refractivity contribution in [2.24, 2.45) is 5.41 Å². The van der Waals surface area contributed by atoms with Crippen molar-refractivity contribution in [2.45, 2.75) is 73.8 Å². The first kappa shape index (κ1) is 19.6. The van der Waals surface area contributed by atoms with Crippen LogP contribution < -0.4 is 0 Å². The molecule has 0 atom stereocenters. The minimum atomic E-state index is -0.301. The van der Waals surface area contributed by atoms with Crippen LogP contribution in [-0.4, -0.2) is 23.8 Å². The Bertz CT molecular complexity index is 266. The van der Waals surface area contributed by atoms with Gasteiger partial charge < -0.3 is 4.74 Å². The Morgan fingerprint density at radius 2 is 1.44 bits per heavy atom. The molecule has 0 aromatic rings. The zero-order valence-electron chi connectivity index (χ0n) is 12.1. The second kappa shape index (κ2) is 7.67. The summed E-state index contributed by atoms with van der Waals surface area (Å²) in [6, 6.07) is 0. The van der Waals surface area contributed by atoms with Gasteiger partial charge in [0.05, 0.1) is 5.60 Å². The molecule has 0 amide bonds. The van der Waals surface area contributed by atoms with Crippen LogP contribution in [0, 0.1) is 5.41 Å². The summed E-state index contributed by atoms with van der Waals surface area (Å²) in [5.74, 6) is 0.281. The number of carbonyl (C=O) groups is 2. The Hall–Kier alpha value is -0.700. The van der Waals surface area contributed by atoms with Gasteiger partial charge in [-0.15, -0.1) is 0 Å². The zero-order chi connectivity index (χ0) is 13.7. The molecule has 0 aromatic heterocycles. The van der Waals surface area contributed by atoms with Crippen LogP contribution in [0.4, 0.5) is 0 Å². The summed E-state index contributed by atoms with van der Waals surface area (Å²) >= 11 is 0. The van der Waals surface area contributed by atoms with Gasteiger partial charge in [-0.25, -0.2) is 0 Å². The fraction of sp³-hybridized carbons (Fsp3) is 0.867. The Morgan fingerprint density at radius 3 is 1.83 bits per heavy atom. The molecule has 0 bridgehead atoms. The molecule has 0 radical (unpaired) electrons. The van der Waals surface area contributed by atoms with Crippen LogP contribution in [0.1, 0.15) is 68.2 Å². The number of Topliss-reactive ketones (excluding diaryl/α,β-unsaturated/α-hetero) is 2. The molecule has 0 aliphatic heterocycles.